The molecule has 0 atom stereocenters. The molecule has 4 aromatic carbocycles. The topological polar surface area (TPSA) is 103 Å². The predicted molar refractivity (Wildman–Crippen MR) is 160 cm³/mol. The molecule has 40 heavy (non-hydrogen) atoms. The van der Waals surface area contributed by atoms with E-state index in [-0.39, 0.29) is 10.6 Å². The van der Waals surface area contributed by atoms with Crippen molar-refractivity contribution in [1.29, 1.82) is 0 Å². The lowest BCUT2D eigenvalue weighted by Crippen LogP contribution is -2.17. The number of ether oxygens (including phenoxy) is 2. The van der Waals surface area contributed by atoms with Crippen LogP contribution in [0.5, 0.6) is 17.2 Å². The van der Waals surface area contributed by atoms with Crippen molar-refractivity contribution in [2.75, 3.05) is 7.11 Å². The number of hydrogen-bond acceptors (Lipinski definition) is 7. The molecule has 0 saturated heterocycles. The standard InChI is InChI=1S/C28H21Br2ClN2O6S/c1-37-26-15-20(7-12-25(26)38-17-18-5-3-2-4-6-18)28(34)33-32-16-19-13-23(29)27(24(30)14-19)39-40(35,36)22-10-8-21(31)9-11-22/h2-16H,17H2,1H3,(H,33,34)/b32-16+. The highest BCUT2D eigenvalue weighted by Gasteiger charge is 2.20. The molecule has 0 fully saturated rings. The highest BCUT2D eigenvalue weighted by atomic mass is 79.9. The SMILES string of the molecule is COc1cc(C(=O)N/N=C/c2cc(Br)c(OS(=O)(=O)c3ccc(Cl)cc3)c(Br)c2)ccc1OCc1ccccc1. The molecule has 206 valence electrons. The first kappa shape index (κ1) is 29.6. The van der Waals surface area contributed by atoms with Gasteiger partial charge in [0.15, 0.2) is 17.2 Å². The Morgan fingerprint density at radius 1 is 0.950 bits per heavy atom. The second-order valence-electron chi connectivity index (χ2n) is 8.14. The molecule has 8 nitrogen and oxygen atoms in total. The van der Waals surface area contributed by atoms with Gasteiger partial charge in [-0.1, -0.05) is 41.9 Å². The van der Waals surface area contributed by atoms with Crippen molar-refractivity contribution in [2.24, 2.45) is 5.10 Å². The Balaban J connectivity index is 1.41. The zero-order valence-corrected chi connectivity index (χ0v) is 25.6. The van der Waals surface area contributed by atoms with Crippen molar-refractivity contribution in [3.8, 4) is 17.2 Å². The summed E-state index contributed by atoms with van der Waals surface area (Å²) in [6.45, 7) is 0.356. The largest absolute Gasteiger partial charge is 0.493 e. The van der Waals surface area contributed by atoms with Gasteiger partial charge in [-0.25, -0.2) is 5.43 Å². The van der Waals surface area contributed by atoms with Crippen molar-refractivity contribution >= 4 is 65.7 Å². The summed E-state index contributed by atoms with van der Waals surface area (Å²) in [6, 6.07) is 23.3. The fourth-order valence-corrected chi connectivity index (χ4v) is 6.07. The second kappa shape index (κ2) is 13.3. The molecule has 0 aliphatic rings. The van der Waals surface area contributed by atoms with Crippen molar-refractivity contribution in [3.05, 3.63) is 116 Å². The third-order valence-electron chi connectivity index (χ3n) is 5.36. The summed E-state index contributed by atoms with van der Waals surface area (Å²) in [4.78, 5) is 12.6. The Bertz CT molecular complexity index is 1630. The Morgan fingerprint density at radius 3 is 2.27 bits per heavy atom. The fraction of sp³-hybridized carbons (Fsp3) is 0.0714. The average Bonchev–Trinajstić information content (AvgIpc) is 2.94. The summed E-state index contributed by atoms with van der Waals surface area (Å²) >= 11 is 12.5. The average molecular weight is 709 g/mol. The highest BCUT2D eigenvalue weighted by Crippen LogP contribution is 2.36. The number of hydrogen-bond donors (Lipinski definition) is 1. The summed E-state index contributed by atoms with van der Waals surface area (Å²) in [6.07, 6.45) is 1.40. The highest BCUT2D eigenvalue weighted by molar-refractivity contribution is 9.11. The van der Waals surface area contributed by atoms with E-state index in [9.17, 15) is 13.2 Å². The van der Waals surface area contributed by atoms with Gasteiger partial charge < -0.3 is 13.7 Å². The number of hydrazone groups is 1. The van der Waals surface area contributed by atoms with Crippen LogP contribution in [0.2, 0.25) is 5.02 Å². The Kier molecular flexibility index (Phi) is 9.85. The lowest BCUT2D eigenvalue weighted by Gasteiger charge is -2.12. The van der Waals surface area contributed by atoms with E-state index in [1.807, 2.05) is 30.3 Å². The number of nitrogens with one attached hydrogen (secondary N) is 1. The monoisotopic (exact) mass is 706 g/mol. The third kappa shape index (κ3) is 7.63. The molecule has 0 spiro atoms. The maximum atomic E-state index is 12.7. The molecule has 0 radical (unpaired) electrons. The van der Waals surface area contributed by atoms with E-state index in [1.54, 1.807) is 30.3 Å². The molecule has 0 saturated carbocycles. The first-order valence-corrected chi connectivity index (χ1v) is 14.9. The maximum absolute atomic E-state index is 12.7. The number of nitrogens with zero attached hydrogens (tertiary/aromatic N) is 1. The van der Waals surface area contributed by atoms with Crippen LogP contribution in [0.3, 0.4) is 0 Å². The smallest absolute Gasteiger partial charge is 0.339 e. The quantitative estimate of drug-likeness (QED) is 0.108. The molecule has 4 aromatic rings. The van der Waals surface area contributed by atoms with Crippen molar-refractivity contribution in [3.63, 3.8) is 0 Å². The van der Waals surface area contributed by atoms with Gasteiger partial charge in [0.25, 0.3) is 5.91 Å². The number of rotatable bonds is 10. The van der Waals surface area contributed by atoms with E-state index in [4.69, 9.17) is 25.3 Å². The van der Waals surface area contributed by atoms with Crippen LogP contribution in [-0.2, 0) is 16.7 Å². The molecule has 12 heteroatoms. The molecule has 0 unspecified atom stereocenters. The van der Waals surface area contributed by atoms with Gasteiger partial charge in [-0.3, -0.25) is 4.79 Å². The van der Waals surface area contributed by atoms with Gasteiger partial charge in [-0.2, -0.15) is 13.5 Å². The first-order valence-electron chi connectivity index (χ1n) is 11.5. The first-order chi connectivity index (χ1) is 19.2. The molecule has 4 rings (SSSR count). The third-order valence-corrected chi connectivity index (χ3v) is 8.02. The van der Waals surface area contributed by atoms with E-state index < -0.39 is 16.0 Å². The van der Waals surface area contributed by atoms with Gasteiger partial charge >= 0.3 is 10.1 Å². The van der Waals surface area contributed by atoms with Gasteiger partial charge in [0.2, 0.25) is 0 Å². The van der Waals surface area contributed by atoms with Crippen LogP contribution in [0.4, 0.5) is 0 Å². The summed E-state index contributed by atoms with van der Waals surface area (Å²) in [5, 5.41) is 4.41. The van der Waals surface area contributed by atoms with E-state index in [1.165, 1.54) is 37.6 Å². The molecule has 0 aromatic heterocycles. The Morgan fingerprint density at radius 2 is 1.62 bits per heavy atom. The Hall–Kier alpha value is -3.38. The molecular formula is C28H21Br2ClN2O6S. The van der Waals surface area contributed by atoms with E-state index >= 15 is 0 Å². The van der Waals surface area contributed by atoms with Crippen molar-refractivity contribution in [1.82, 2.24) is 5.43 Å². The molecule has 0 heterocycles. The van der Waals surface area contributed by atoms with Crippen LogP contribution >= 0.6 is 43.5 Å². The number of halogens is 3. The number of carbonyl (C=O) groups is 1. The summed E-state index contributed by atoms with van der Waals surface area (Å²) in [7, 11) is -2.61. The van der Waals surface area contributed by atoms with E-state index in [0.29, 0.717) is 43.2 Å². The minimum absolute atomic E-state index is 0.0449. The van der Waals surface area contributed by atoms with Crippen LogP contribution in [0.15, 0.2) is 104 Å². The fourth-order valence-electron chi connectivity index (χ4n) is 3.39. The summed E-state index contributed by atoms with van der Waals surface area (Å²) < 4.78 is 42.5. The van der Waals surface area contributed by atoms with Crippen LogP contribution in [0.1, 0.15) is 21.5 Å². The second-order valence-corrected chi connectivity index (χ2v) is 11.8. The lowest BCUT2D eigenvalue weighted by atomic mass is 10.2. The zero-order chi connectivity index (χ0) is 28.7. The van der Waals surface area contributed by atoms with Crippen LogP contribution in [0.25, 0.3) is 0 Å². The molecule has 1 amide bonds. The number of benzene rings is 4. The van der Waals surface area contributed by atoms with Crippen molar-refractivity contribution in [2.45, 2.75) is 11.5 Å². The molecular weight excluding hydrogens is 688 g/mol. The number of carbonyl (C=O) groups excluding carboxylic acids is 1. The zero-order valence-electron chi connectivity index (χ0n) is 20.8. The van der Waals surface area contributed by atoms with Crippen molar-refractivity contribution < 1.29 is 26.9 Å². The van der Waals surface area contributed by atoms with Gasteiger partial charge in [-0.15, -0.1) is 0 Å². The van der Waals surface area contributed by atoms with Crippen LogP contribution < -0.4 is 19.1 Å². The van der Waals surface area contributed by atoms with E-state index in [0.717, 1.165) is 5.56 Å². The normalized spacial score (nSPS) is 11.3. The molecule has 0 bridgehead atoms. The molecule has 1 N–H and O–H groups in total. The Labute approximate surface area is 253 Å². The van der Waals surface area contributed by atoms with Crippen LogP contribution in [0, 0.1) is 0 Å². The van der Waals surface area contributed by atoms with Gasteiger partial charge in [-0.05, 0) is 97.6 Å². The predicted octanol–water partition coefficient (Wildman–Crippen LogP) is 6.98. The number of methoxy groups -OCH3 is 1. The molecule has 0 aliphatic carbocycles. The minimum atomic E-state index is -4.10. The maximum Gasteiger partial charge on any atom is 0.339 e. The van der Waals surface area contributed by atoms with Gasteiger partial charge in [0, 0.05) is 10.6 Å². The minimum Gasteiger partial charge on any atom is -0.493 e. The van der Waals surface area contributed by atoms with E-state index in [2.05, 4.69) is 42.4 Å². The van der Waals surface area contributed by atoms with Gasteiger partial charge in [0.05, 0.1) is 22.3 Å². The summed E-state index contributed by atoms with van der Waals surface area (Å²) in [5.41, 5.74) is 4.33. The van der Waals surface area contributed by atoms with Crippen LogP contribution in [-0.4, -0.2) is 27.6 Å². The lowest BCUT2D eigenvalue weighted by molar-refractivity contribution is 0.0954. The summed E-state index contributed by atoms with van der Waals surface area (Å²) in [5.74, 6) is 0.500. The molecule has 0 aliphatic heterocycles. The van der Waals surface area contributed by atoms with Gasteiger partial charge in [0.1, 0.15) is 11.5 Å². The number of amides is 1.